The minimum Gasteiger partial charge on any atom is -0.453 e. The van der Waals surface area contributed by atoms with Crippen LogP contribution in [-0.2, 0) is 4.74 Å². The van der Waals surface area contributed by atoms with Gasteiger partial charge in [0.25, 0.3) is 0 Å². The first-order chi connectivity index (χ1) is 7.06. The number of carbonyl (C=O) groups is 1. The molecule has 1 atom stereocenters. The number of piperazine rings is 1. The number of carbonyl (C=O) groups excluding carboxylic acids is 1. The molecular formula is C9H18N4O2. The van der Waals surface area contributed by atoms with Crippen LogP contribution in [0.1, 0.15) is 6.92 Å². The first-order valence-corrected chi connectivity index (χ1v) is 4.97. The van der Waals surface area contributed by atoms with Gasteiger partial charge in [-0.05, 0) is 6.92 Å². The fourth-order valence-corrected chi connectivity index (χ4v) is 1.62. The maximum atomic E-state index is 11.2. The summed E-state index contributed by atoms with van der Waals surface area (Å²) in [6, 6.07) is -0.0511. The topological polar surface area (TPSA) is 82.7 Å². The summed E-state index contributed by atoms with van der Waals surface area (Å²) in [6.07, 6.45) is -0.287. The van der Waals surface area contributed by atoms with E-state index in [-0.39, 0.29) is 18.0 Å². The van der Waals surface area contributed by atoms with Crippen LogP contribution in [0.2, 0.25) is 0 Å². The molecule has 0 radical (unpaired) electrons. The standard InChI is InChI=1S/C9H18N4O2/c1-7(8(10)11)12-3-5-13(6-4-12)9(14)15-2/h7H,3-6H2,1-2H3,(H3,10,11). The van der Waals surface area contributed by atoms with Crippen LogP contribution in [0.4, 0.5) is 4.79 Å². The maximum absolute atomic E-state index is 11.2. The first-order valence-electron chi connectivity index (χ1n) is 4.97. The fourth-order valence-electron chi connectivity index (χ4n) is 1.62. The second-order valence-corrected chi connectivity index (χ2v) is 3.62. The summed E-state index contributed by atoms with van der Waals surface area (Å²) in [4.78, 5) is 14.9. The molecule has 15 heavy (non-hydrogen) atoms. The molecule has 86 valence electrons. The van der Waals surface area contributed by atoms with Gasteiger partial charge < -0.3 is 15.4 Å². The molecule has 1 saturated heterocycles. The predicted molar refractivity (Wildman–Crippen MR) is 56.9 cm³/mol. The van der Waals surface area contributed by atoms with Crippen molar-refractivity contribution in [2.45, 2.75) is 13.0 Å². The third-order valence-electron chi connectivity index (χ3n) is 2.74. The molecule has 1 amide bonds. The van der Waals surface area contributed by atoms with E-state index in [1.54, 1.807) is 4.90 Å². The lowest BCUT2D eigenvalue weighted by atomic mass is 10.2. The van der Waals surface area contributed by atoms with Gasteiger partial charge in [0.2, 0.25) is 0 Å². The number of ether oxygens (including phenoxy) is 1. The summed E-state index contributed by atoms with van der Waals surface area (Å²) in [5, 5.41) is 7.34. The Labute approximate surface area is 89.5 Å². The third kappa shape index (κ3) is 2.82. The zero-order chi connectivity index (χ0) is 11.4. The molecule has 0 aromatic heterocycles. The van der Waals surface area contributed by atoms with Gasteiger partial charge in [0, 0.05) is 26.2 Å². The summed E-state index contributed by atoms with van der Waals surface area (Å²) < 4.78 is 4.63. The van der Waals surface area contributed by atoms with Crippen molar-refractivity contribution in [2.24, 2.45) is 5.73 Å². The highest BCUT2D eigenvalue weighted by molar-refractivity contribution is 5.82. The van der Waals surface area contributed by atoms with Gasteiger partial charge in [0.1, 0.15) is 5.84 Å². The van der Waals surface area contributed by atoms with Crippen molar-refractivity contribution in [2.75, 3.05) is 33.3 Å². The van der Waals surface area contributed by atoms with Crippen molar-refractivity contribution in [3.63, 3.8) is 0 Å². The lowest BCUT2D eigenvalue weighted by Gasteiger charge is -2.36. The van der Waals surface area contributed by atoms with E-state index in [1.165, 1.54) is 7.11 Å². The lowest BCUT2D eigenvalue weighted by Crippen LogP contribution is -2.54. The summed E-state index contributed by atoms with van der Waals surface area (Å²) in [5.74, 6) is 0.168. The monoisotopic (exact) mass is 214 g/mol. The number of rotatable bonds is 2. The zero-order valence-electron chi connectivity index (χ0n) is 9.19. The minimum atomic E-state index is -0.287. The quantitative estimate of drug-likeness (QED) is 0.488. The summed E-state index contributed by atoms with van der Waals surface area (Å²) in [5.41, 5.74) is 5.42. The van der Waals surface area contributed by atoms with E-state index in [4.69, 9.17) is 11.1 Å². The van der Waals surface area contributed by atoms with Gasteiger partial charge in [-0.25, -0.2) is 4.79 Å². The Balaban J connectivity index is 2.42. The molecule has 0 bridgehead atoms. The van der Waals surface area contributed by atoms with Gasteiger partial charge >= 0.3 is 6.09 Å². The smallest absolute Gasteiger partial charge is 0.409 e. The van der Waals surface area contributed by atoms with E-state index in [0.29, 0.717) is 13.1 Å². The van der Waals surface area contributed by atoms with Crippen LogP contribution < -0.4 is 5.73 Å². The van der Waals surface area contributed by atoms with Gasteiger partial charge in [-0.3, -0.25) is 10.3 Å². The van der Waals surface area contributed by atoms with Crippen molar-refractivity contribution < 1.29 is 9.53 Å². The van der Waals surface area contributed by atoms with Crippen molar-refractivity contribution in [3.05, 3.63) is 0 Å². The van der Waals surface area contributed by atoms with E-state index < -0.39 is 0 Å². The molecule has 6 nitrogen and oxygen atoms in total. The second-order valence-electron chi connectivity index (χ2n) is 3.62. The first kappa shape index (κ1) is 11.8. The highest BCUT2D eigenvalue weighted by atomic mass is 16.5. The highest BCUT2D eigenvalue weighted by Crippen LogP contribution is 2.06. The predicted octanol–water partition coefficient (Wildman–Crippen LogP) is -0.305. The van der Waals surface area contributed by atoms with E-state index in [1.807, 2.05) is 6.92 Å². The fraction of sp³-hybridized carbons (Fsp3) is 0.778. The van der Waals surface area contributed by atoms with E-state index in [9.17, 15) is 4.79 Å². The molecule has 0 aliphatic carbocycles. The molecule has 1 unspecified atom stereocenters. The van der Waals surface area contributed by atoms with Gasteiger partial charge in [0.05, 0.1) is 13.2 Å². The molecule has 1 fully saturated rings. The van der Waals surface area contributed by atoms with Gasteiger partial charge in [-0.1, -0.05) is 0 Å². The molecule has 0 aromatic carbocycles. The molecular weight excluding hydrogens is 196 g/mol. The van der Waals surface area contributed by atoms with Crippen molar-refractivity contribution >= 4 is 11.9 Å². The third-order valence-corrected chi connectivity index (χ3v) is 2.74. The Morgan fingerprint density at radius 2 is 1.93 bits per heavy atom. The van der Waals surface area contributed by atoms with Crippen LogP contribution in [0, 0.1) is 5.41 Å². The van der Waals surface area contributed by atoms with Crippen molar-refractivity contribution in [3.8, 4) is 0 Å². The summed E-state index contributed by atoms with van der Waals surface area (Å²) >= 11 is 0. The number of nitrogens with two attached hydrogens (primary N) is 1. The number of methoxy groups -OCH3 is 1. The van der Waals surface area contributed by atoms with Crippen LogP contribution in [-0.4, -0.2) is 61.1 Å². The SMILES string of the molecule is COC(=O)N1CCN(C(C)C(=N)N)CC1. The normalized spacial score (nSPS) is 19.7. The largest absolute Gasteiger partial charge is 0.453 e. The molecule has 1 aliphatic rings. The Morgan fingerprint density at radius 1 is 1.40 bits per heavy atom. The van der Waals surface area contributed by atoms with Crippen LogP contribution in [0.5, 0.6) is 0 Å². The Kier molecular flexibility index (Phi) is 3.90. The molecule has 1 rings (SSSR count). The second kappa shape index (κ2) is 4.97. The molecule has 0 spiro atoms. The number of amidine groups is 1. The highest BCUT2D eigenvalue weighted by Gasteiger charge is 2.25. The number of hydrogen-bond donors (Lipinski definition) is 2. The molecule has 6 heteroatoms. The average molecular weight is 214 g/mol. The Bertz CT molecular complexity index is 248. The van der Waals surface area contributed by atoms with Crippen LogP contribution in [0.15, 0.2) is 0 Å². The average Bonchev–Trinajstić information content (AvgIpc) is 2.27. The maximum Gasteiger partial charge on any atom is 0.409 e. The number of nitrogens with zero attached hydrogens (tertiary/aromatic N) is 2. The lowest BCUT2D eigenvalue weighted by molar-refractivity contribution is 0.0868. The van der Waals surface area contributed by atoms with E-state index in [2.05, 4.69) is 9.64 Å². The van der Waals surface area contributed by atoms with Gasteiger partial charge in [-0.2, -0.15) is 0 Å². The number of nitrogens with one attached hydrogen (secondary N) is 1. The number of amides is 1. The Hall–Kier alpha value is -1.30. The molecule has 1 heterocycles. The van der Waals surface area contributed by atoms with Crippen LogP contribution in [0.3, 0.4) is 0 Å². The molecule has 1 aliphatic heterocycles. The van der Waals surface area contributed by atoms with Crippen LogP contribution >= 0.6 is 0 Å². The zero-order valence-corrected chi connectivity index (χ0v) is 9.19. The van der Waals surface area contributed by atoms with Gasteiger partial charge in [-0.15, -0.1) is 0 Å². The number of hydrogen-bond acceptors (Lipinski definition) is 4. The van der Waals surface area contributed by atoms with Crippen molar-refractivity contribution in [1.29, 1.82) is 5.41 Å². The van der Waals surface area contributed by atoms with E-state index in [0.717, 1.165) is 13.1 Å². The molecule has 0 saturated carbocycles. The minimum absolute atomic E-state index is 0.0511. The summed E-state index contributed by atoms with van der Waals surface area (Å²) in [6.45, 7) is 4.62. The molecule has 3 N–H and O–H groups in total. The molecule has 0 aromatic rings. The summed E-state index contributed by atoms with van der Waals surface area (Å²) in [7, 11) is 1.38. The Morgan fingerprint density at radius 3 is 2.33 bits per heavy atom. The van der Waals surface area contributed by atoms with Gasteiger partial charge in [0.15, 0.2) is 0 Å². The van der Waals surface area contributed by atoms with Crippen molar-refractivity contribution in [1.82, 2.24) is 9.80 Å². The van der Waals surface area contributed by atoms with E-state index >= 15 is 0 Å². The van der Waals surface area contributed by atoms with Crippen LogP contribution in [0.25, 0.3) is 0 Å².